The minimum atomic E-state index is -0.676. The molecule has 0 saturated carbocycles. The lowest BCUT2D eigenvalue weighted by Crippen LogP contribution is -2.40. The molecule has 420 valence electrons. The topological polar surface area (TPSA) is 278 Å². The molecule has 1 rings (SSSR count). The zero-order valence-corrected chi connectivity index (χ0v) is 46.5. The van der Waals surface area contributed by atoms with Gasteiger partial charge in [-0.2, -0.15) is 0 Å². The average molecular weight is 1060 g/mol. The van der Waals surface area contributed by atoms with E-state index >= 15 is 0 Å². The summed E-state index contributed by atoms with van der Waals surface area (Å²) in [6.45, 7) is 8.76. The van der Waals surface area contributed by atoms with Crippen LogP contribution in [0.3, 0.4) is 0 Å². The number of ether oxygens (including phenoxy) is 4. The summed E-state index contributed by atoms with van der Waals surface area (Å²) in [5.41, 5.74) is 6.16. The number of aldehydes is 1. The number of rotatable bonds is 46. The number of hydrogen-bond acceptors (Lipinski definition) is 15. The summed E-state index contributed by atoms with van der Waals surface area (Å²) >= 11 is 3.84. The van der Waals surface area contributed by atoms with Gasteiger partial charge in [-0.1, -0.05) is 138 Å². The number of primary amides is 1. The van der Waals surface area contributed by atoms with Gasteiger partial charge >= 0.3 is 5.97 Å². The minimum absolute atomic E-state index is 0.0253. The van der Waals surface area contributed by atoms with Gasteiger partial charge in [0.2, 0.25) is 23.6 Å². The van der Waals surface area contributed by atoms with Crippen LogP contribution in [0.5, 0.6) is 5.75 Å². The van der Waals surface area contributed by atoms with E-state index in [4.69, 9.17) is 34.9 Å². The van der Waals surface area contributed by atoms with Crippen molar-refractivity contribution in [3.63, 3.8) is 0 Å². The molecule has 0 aliphatic carbocycles. The Morgan fingerprint density at radius 1 is 0.639 bits per heavy atom. The van der Waals surface area contributed by atoms with E-state index in [-0.39, 0.29) is 42.7 Å². The molecule has 19 nitrogen and oxygen atoms in total. The highest BCUT2D eigenvalue weighted by Gasteiger charge is 2.15. The number of hydrogen-bond donors (Lipinski definition) is 10. The van der Waals surface area contributed by atoms with Gasteiger partial charge in [0.15, 0.2) is 0 Å². The Hall–Kier alpha value is -3.46. The first-order valence-corrected chi connectivity index (χ1v) is 27.3. The highest BCUT2D eigenvalue weighted by atomic mass is 32.1. The number of aliphatic carboxylic acids is 1. The molecule has 1 aromatic carbocycles. The van der Waals surface area contributed by atoms with Crippen LogP contribution < -0.4 is 36.8 Å². The van der Waals surface area contributed by atoms with Crippen LogP contribution in [-0.2, 0) is 54.1 Å². The Balaban J connectivity index is -0.00000105. The molecule has 21 heteroatoms. The van der Waals surface area contributed by atoms with Crippen LogP contribution in [0.15, 0.2) is 24.3 Å². The van der Waals surface area contributed by atoms with Gasteiger partial charge in [-0.05, 0) is 63.3 Å². The van der Waals surface area contributed by atoms with Crippen molar-refractivity contribution in [2.75, 3.05) is 86.6 Å². The zero-order chi connectivity index (χ0) is 54.1. The smallest absolute Gasteiger partial charge is 0.303 e. The second kappa shape index (κ2) is 58.4. The number of carbonyl (C=O) groups excluding carboxylic acids is 5. The number of thiol groups is 1. The molecule has 1 aromatic rings. The van der Waals surface area contributed by atoms with Crippen LogP contribution in [0.1, 0.15) is 154 Å². The summed E-state index contributed by atoms with van der Waals surface area (Å²) in [5, 5.41) is 31.7. The van der Waals surface area contributed by atoms with E-state index < -0.39 is 17.9 Å². The molecule has 72 heavy (non-hydrogen) atoms. The summed E-state index contributed by atoms with van der Waals surface area (Å²) in [6.07, 6.45) is 23.8. The van der Waals surface area contributed by atoms with E-state index in [2.05, 4.69) is 53.3 Å². The molecule has 3 unspecified atom stereocenters. The van der Waals surface area contributed by atoms with E-state index in [1.807, 2.05) is 20.9 Å². The Morgan fingerprint density at radius 3 is 1.60 bits per heavy atom. The van der Waals surface area contributed by atoms with Crippen molar-refractivity contribution >= 4 is 58.1 Å². The monoisotopic (exact) mass is 1060 g/mol. The normalized spacial score (nSPS) is 11.3. The number of benzene rings is 1. The number of amides is 4. The molecular weight excluding hydrogens is 966 g/mol. The van der Waals surface area contributed by atoms with E-state index in [0.29, 0.717) is 84.7 Å². The number of aromatic hydroxyl groups is 1. The fourth-order valence-corrected chi connectivity index (χ4v) is 7.12. The Kier molecular flexibility index (Phi) is 59.1. The van der Waals surface area contributed by atoms with E-state index in [0.717, 1.165) is 50.6 Å². The first kappa shape index (κ1) is 72.8. The van der Waals surface area contributed by atoms with E-state index in [1.54, 1.807) is 31.3 Å². The van der Waals surface area contributed by atoms with E-state index in [1.165, 1.54) is 77.0 Å². The molecule has 4 amide bonds. The quantitative estimate of drug-likeness (QED) is 0.0162. The van der Waals surface area contributed by atoms with Gasteiger partial charge in [0.25, 0.3) is 0 Å². The van der Waals surface area contributed by atoms with Crippen LogP contribution >= 0.6 is 22.2 Å². The van der Waals surface area contributed by atoms with Crippen molar-refractivity contribution in [3.05, 3.63) is 29.8 Å². The number of carbonyl (C=O) groups is 6. The van der Waals surface area contributed by atoms with Gasteiger partial charge in [-0.15, -0.1) is 0 Å². The molecule has 0 fully saturated rings. The molecule has 0 aliphatic heterocycles. The fourth-order valence-electron chi connectivity index (χ4n) is 6.59. The lowest BCUT2D eigenvalue weighted by Gasteiger charge is -2.14. The highest BCUT2D eigenvalue weighted by Crippen LogP contribution is 2.15. The van der Waals surface area contributed by atoms with Crippen molar-refractivity contribution < 1.29 is 57.9 Å². The van der Waals surface area contributed by atoms with Gasteiger partial charge in [-0.25, -0.2) is 0 Å². The number of unbranched alkanes of at least 4 members (excludes halogenated alkanes) is 16. The maximum Gasteiger partial charge on any atom is 0.303 e. The molecule has 0 aliphatic rings. The van der Waals surface area contributed by atoms with Crippen molar-refractivity contribution in [3.8, 4) is 5.75 Å². The Labute approximate surface area is 440 Å². The number of phenols is 1. The second-order valence-electron chi connectivity index (χ2n) is 16.7. The number of nitrogens with two attached hydrogens (primary N) is 1. The number of carboxylic acids is 1. The number of phenolic OH excluding ortho intramolecular Hbond substituents is 1. The molecular formula is C51H98N7O12PS. The predicted octanol–water partition coefficient (Wildman–Crippen LogP) is 5.71. The second-order valence-corrected chi connectivity index (χ2v) is 17.2. The summed E-state index contributed by atoms with van der Waals surface area (Å²) < 4.78 is 23.3. The van der Waals surface area contributed by atoms with Crippen molar-refractivity contribution in [2.24, 2.45) is 5.73 Å². The standard InChI is InChI=1S/C26H49NO6.C13H28N4O4S.C10H15N2O2P.C2H6/c28-20-22-33-24-23-32-21-19-27-25(29)17-15-13-11-9-7-5-3-1-2-4-6-8-10-12-14-16-18-26(30)31;1-15-6-7-20-8-9-21-10-12(18)16-5-3-2-4-11(17-22)13(14)19;1-11-10(14)9(12-15)6-7-2-4-8(13)5-3-7;1-2/h20H,1-19,21-24H2,(H,27,29)(H,30,31);11,15,17,22H,2-10H2,1H3,(H2,14,19)(H,16,18);2-5,9,12-13H,6,15H2,1H3,(H,11,14);1-2H3. The molecule has 0 saturated heterocycles. The maximum absolute atomic E-state index is 11.8. The largest absolute Gasteiger partial charge is 0.508 e. The van der Waals surface area contributed by atoms with Crippen molar-refractivity contribution in [2.45, 2.75) is 167 Å². The minimum Gasteiger partial charge on any atom is -0.508 e. The molecule has 0 radical (unpaired) electrons. The van der Waals surface area contributed by atoms with Crippen LogP contribution in [0, 0.1) is 0 Å². The van der Waals surface area contributed by atoms with Gasteiger partial charge in [0.05, 0.1) is 51.7 Å². The van der Waals surface area contributed by atoms with Crippen LogP contribution in [0.4, 0.5) is 0 Å². The summed E-state index contributed by atoms with van der Waals surface area (Å²) in [5.74, 6) is -0.996. The lowest BCUT2D eigenvalue weighted by atomic mass is 10.0. The Bertz CT molecular complexity index is 1430. The predicted molar refractivity (Wildman–Crippen MR) is 293 cm³/mol. The first-order valence-electron chi connectivity index (χ1n) is 26.2. The number of carboxylic acid groups (broad SMARTS) is 1. The summed E-state index contributed by atoms with van der Waals surface area (Å²) in [6, 6.07) is 6.10. The molecule has 3 atom stereocenters. The van der Waals surface area contributed by atoms with Crippen LogP contribution in [-0.4, -0.2) is 145 Å². The molecule has 0 heterocycles. The van der Waals surface area contributed by atoms with E-state index in [9.17, 15) is 28.8 Å². The number of nitrogens with one attached hydrogen (secondary N) is 6. The zero-order valence-electron chi connectivity index (χ0n) is 44.5. The molecule has 10 N–H and O–H groups in total. The first-order chi connectivity index (χ1) is 34.9. The van der Waals surface area contributed by atoms with Gasteiger partial charge in [-0.3, -0.25) is 33.8 Å². The molecule has 0 aromatic heterocycles. The molecule has 0 bridgehead atoms. The van der Waals surface area contributed by atoms with Crippen LogP contribution in [0.2, 0.25) is 0 Å². The highest BCUT2D eigenvalue weighted by molar-refractivity contribution is 7.78. The fraction of sp³-hybridized carbons (Fsp3) is 0.765. The van der Waals surface area contributed by atoms with Crippen molar-refractivity contribution in [1.82, 2.24) is 31.1 Å². The van der Waals surface area contributed by atoms with Crippen LogP contribution in [0.25, 0.3) is 0 Å². The summed E-state index contributed by atoms with van der Waals surface area (Å²) in [4.78, 5) is 66.0. The molecule has 0 spiro atoms. The average Bonchev–Trinajstić information content (AvgIpc) is 3.37. The summed E-state index contributed by atoms with van der Waals surface area (Å²) in [7, 11) is 5.80. The Morgan fingerprint density at radius 2 is 1.12 bits per heavy atom. The third kappa shape index (κ3) is 54.3. The van der Waals surface area contributed by atoms with Gasteiger partial charge < -0.3 is 61.0 Å². The van der Waals surface area contributed by atoms with Crippen molar-refractivity contribution in [1.29, 1.82) is 0 Å². The SMILES string of the molecule is CC.CNC(=O)C(Cc1ccc(O)cc1)NP.CNCCOCCOCC(=O)NCCCCC(NS)C(N)=O.O=CCOCCOCCNC(=O)CCCCCCCCCCCCCCCCCCC(=O)O. The van der Waals surface area contributed by atoms with Gasteiger partial charge in [0.1, 0.15) is 25.2 Å². The maximum atomic E-state index is 11.8. The third-order valence-corrected chi connectivity index (χ3v) is 11.4. The lowest BCUT2D eigenvalue weighted by molar-refractivity contribution is -0.137. The van der Waals surface area contributed by atoms with Gasteiger partial charge in [0, 0.05) is 39.5 Å². The number of likely N-dealkylation sites (N-methyl/N-ethyl adjacent to an activating group) is 2. The third-order valence-electron chi connectivity index (χ3n) is 10.7.